The number of thiophene rings is 1. The van der Waals surface area contributed by atoms with E-state index in [1.165, 1.54) is 4.88 Å². The number of hydrogen-bond acceptors (Lipinski definition) is 3. The lowest BCUT2D eigenvalue weighted by Crippen LogP contribution is -2.32. The zero-order valence-electron chi connectivity index (χ0n) is 9.58. The van der Waals surface area contributed by atoms with E-state index in [1.54, 1.807) is 11.3 Å². The van der Waals surface area contributed by atoms with E-state index in [-0.39, 0.29) is 0 Å². The van der Waals surface area contributed by atoms with Gasteiger partial charge in [-0.15, -0.1) is 11.3 Å². The minimum atomic E-state index is -0.491. The predicted octanol–water partition coefficient (Wildman–Crippen LogP) is 2.90. The molecule has 0 amide bonds. The van der Waals surface area contributed by atoms with Crippen LogP contribution in [0.1, 0.15) is 24.1 Å². The smallest absolute Gasteiger partial charge is 0.0708 e. The molecule has 0 saturated carbocycles. The van der Waals surface area contributed by atoms with Crippen LogP contribution >= 0.6 is 27.3 Å². The number of rotatable bonds is 2. The lowest BCUT2D eigenvalue weighted by molar-refractivity contribution is 0.0270. The van der Waals surface area contributed by atoms with Crippen LogP contribution in [0.5, 0.6) is 0 Å². The van der Waals surface area contributed by atoms with Crippen molar-refractivity contribution < 1.29 is 5.11 Å². The molecule has 1 aromatic rings. The molecule has 1 saturated heterocycles. The maximum atomic E-state index is 10.6. The molecule has 1 aromatic heterocycles. The third kappa shape index (κ3) is 3.29. The molecule has 1 atom stereocenters. The third-order valence-electron chi connectivity index (χ3n) is 3.27. The second-order valence-corrected chi connectivity index (χ2v) is 7.31. The van der Waals surface area contributed by atoms with Gasteiger partial charge in [-0.3, -0.25) is 0 Å². The summed E-state index contributed by atoms with van der Waals surface area (Å²) < 4.78 is 1.15. The van der Waals surface area contributed by atoms with Gasteiger partial charge in [-0.25, -0.2) is 0 Å². The second-order valence-electron chi connectivity index (χ2n) is 4.76. The van der Waals surface area contributed by atoms with Crippen molar-refractivity contribution in [2.75, 3.05) is 20.1 Å². The van der Waals surface area contributed by atoms with Crippen molar-refractivity contribution in [2.45, 2.75) is 31.3 Å². The summed E-state index contributed by atoms with van der Waals surface area (Å²) in [7, 11) is 2.13. The quantitative estimate of drug-likeness (QED) is 0.908. The molecule has 1 fully saturated rings. The van der Waals surface area contributed by atoms with Crippen molar-refractivity contribution in [1.29, 1.82) is 0 Å². The summed E-state index contributed by atoms with van der Waals surface area (Å²) >= 11 is 5.20. The number of likely N-dealkylation sites (tertiary alicyclic amines) is 1. The molecule has 2 rings (SSSR count). The minimum absolute atomic E-state index is 0.491. The van der Waals surface area contributed by atoms with Crippen LogP contribution in [0, 0.1) is 0 Å². The second kappa shape index (κ2) is 5.17. The molecule has 0 spiro atoms. The molecule has 16 heavy (non-hydrogen) atoms. The first kappa shape index (κ1) is 12.6. The fourth-order valence-electron chi connectivity index (χ4n) is 2.26. The van der Waals surface area contributed by atoms with Gasteiger partial charge in [0.2, 0.25) is 0 Å². The van der Waals surface area contributed by atoms with E-state index in [2.05, 4.69) is 40.0 Å². The van der Waals surface area contributed by atoms with Crippen LogP contribution in [0.25, 0.3) is 0 Å². The lowest BCUT2D eigenvalue weighted by Gasteiger charge is -2.26. The van der Waals surface area contributed by atoms with Crippen LogP contribution < -0.4 is 0 Å². The van der Waals surface area contributed by atoms with E-state index >= 15 is 0 Å². The highest BCUT2D eigenvalue weighted by molar-refractivity contribution is 9.11. The van der Waals surface area contributed by atoms with Gasteiger partial charge < -0.3 is 10.0 Å². The van der Waals surface area contributed by atoms with Gasteiger partial charge in [-0.2, -0.15) is 0 Å². The van der Waals surface area contributed by atoms with Crippen LogP contribution in [-0.2, 0) is 6.42 Å². The van der Waals surface area contributed by atoms with Crippen LogP contribution in [-0.4, -0.2) is 35.7 Å². The van der Waals surface area contributed by atoms with E-state index < -0.39 is 5.60 Å². The topological polar surface area (TPSA) is 23.5 Å². The van der Waals surface area contributed by atoms with Crippen molar-refractivity contribution in [3.63, 3.8) is 0 Å². The highest BCUT2D eigenvalue weighted by Gasteiger charge is 2.29. The first-order chi connectivity index (χ1) is 7.57. The van der Waals surface area contributed by atoms with Gasteiger partial charge in [-0.1, -0.05) is 0 Å². The zero-order chi connectivity index (χ0) is 11.6. The molecular weight excluding hydrogens is 286 g/mol. The van der Waals surface area contributed by atoms with Gasteiger partial charge in [0.25, 0.3) is 0 Å². The monoisotopic (exact) mass is 303 g/mol. The van der Waals surface area contributed by atoms with E-state index in [4.69, 9.17) is 0 Å². The molecule has 2 nitrogen and oxygen atoms in total. The van der Waals surface area contributed by atoms with Gasteiger partial charge in [0.1, 0.15) is 0 Å². The van der Waals surface area contributed by atoms with Crippen LogP contribution in [0.4, 0.5) is 0 Å². The summed E-state index contributed by atoms with van der Waals surface area (Å²) in [5, 5.41) is 10.6. The molecule has 1 unspecified atom stereocenters. The normalized spacial score (nSPS) is 27.9. The molecular formula is C12H18BrNOS. The molecule has 1 N–H and O–H groups in total. The van der Waals surface area contributed by atoms with E-state index in [0.29, 0.717) is 0 Å². The number of nitrogens with zero attached hydrogens (tertiary/aromatic N) is 1. The molecule has 0 aliphatic carbocycles. The fourth-order valence-corrected chi connectivity index (χ4v) is 3.88. The van der Waals surface area contributed by atoms with Gasteiger partial charge in [0.05, 0.1) is 9.39 Å². The highest BCUT2D eigenvalue weighted by Crippen LogP contribution is 2.30. The first-order valence-corrected chi connectivity index (χ1v) is 7.33. The Kier molecular flexibility index (Phi) is 4.06. The maximum Gasteiger partial charge on any atom is 0.0708 e. The summed E-state index contributed by atoms with van der Waals surface area (Å²) in [5.41, 5.74) is -0.491. The van der Waals surface area contributed by atoms with Crippen molar-refractivity contribution in [1.82, 2.24) is 4.90 Å². The summed E-state index contributed by atoms with van der Waals surface area (Å²) in [6.07, 6.45) is 3.71. The summed E-state index contributed by atoms with van der Waals surface area (Å²) in [4.78, 5) is 3.58. The molecule has 0 radical (unpaired) electrons. The number of aliphatic hydroxyl groups is 1. The largest absolute Gasteiger partial charge is 0.389 e. The third-order valence-corrected chi connectivity index (χ3v) is 4.90. The zero-order valence-corrected chi connectivity index (χ0v) is 12.0. The Morgan fingerprint density at radius 3 is 2.94 bits per heavy atom. The molecule has 1 aliphatic heterocycles. The average molecular weight is 304 g/mol. The Morgan fingerprint density at radius 1 is 1.44 bits per heavy atom. The van der Waals surface area contributed by atoms with Crippen molar-refractivity contribution in [3.05, 3.63) is 20.8 Å². The molecule has 1 aliphatic rings. The fraction of sp³-hybridized carbons (Fsp3) is 0.667. The SMILES string of the molecule is CN1CCCC(O)(Cc2ccc(Br)s2)CC1. The predicted molar refractivity (Wildman–Crippen MR) is 72.0 cm³/mol. The highest BCUT2D eigenvalue weighted by atomic mass is 79.9. The lowest BCUT2D eigenvalue weighted by atomic mass is 9.90. The summed E-state index contributed by atoms with van der Waals surface area (Å²) in [6, 6.07) is 4.17. The Bertz CT molecular complexity index is 355. The van der Waals surface area contributed by atoms with Crippen molar-refractivity contribution in [3.8, 4) is 0 Å². The maximum absolute atomic E-state index is 10.6. The average Bonchev–Trinajstić information content (AvgIpc) is 2.53. The van der Waals surface area contributed by atoms with E-state index in [0.717, 1.165) is 42.6 Å². The first-order valence-electron chi connectivity index (χ1n) is 5.73. The molecule has 0 aromatic carbocycles. The van der Waals surface area contributed by atoms with E-state index in [9.17, 15) is 5.11 Å². The standard InChI is InChI=1S/C12H18BrNOS/c1-14-7-2-5-12(15,6-8-14)9-10-3-4-11(13)16-10/h3-4,15H,2,5-9H2,1H3. The summed E-state index contributed by atoms with van der Waals surface area (Å²) in [5.74, 6) is 0. The minimum Gasteiger partial charge on any atom is -0.389 e. The Hall–Kier alpha value is 0.1000. The molecule has 90 valence electrons. The van der Waals surface area contributed by atoms with Crippen molar-refractivity contribution in [2.24, 2.45) is 0 Å². The van der Waals surface area contributed by atoms with Gasteiger partial charge in [0, 0.05) is 17.8 Å². The molecule has 2 heterocycles. The Labute approximate surface area is 109 Å². The van der Waals surface area contributed by atoms with Gasteiger partial charge in [0.15, 0.2) is 0 Å². The summed E-state index contributed by atoms with van der Waals surface area (Å²) in [6.45, 7) is 2.11. The van der Waals surface area contributed by atoms with Crippen molar-refractivity contribution >= 4 is 27.3 Å². The number of halogens is 1. The Balaban J connectivity index is 2.01. The van der Waals surface area contributed by atoms with Crippen LogP contribution in [0.3, 0.4) is 0 Å². The van der Waals surface area contributed by atoms with E-state index in [1.807, 2.05) is 0 Å². The molecule has 4 heteroatoms. The number of hydrogen-bond donors (Lipinski definition) is 1. The van der Waals surface area contributed by atoms with Crippen LogP contribution in [0.2, 0.25) is 0 Å². The van der Waals surface area contributed by atoms with Gasteiger partial charge in [-0.05, 0) is 60.9 Å². The van der Waals surface area contributed by atoms with Gasteiger partial charge >= 0.3 is 0 Å². The molecule has 0 bridgehead atoms. The Morgan fingerprint density at radius 2 is 2.25 bits per heavy atom. The van der Waals surface area contributed by atoms with Crippen LogP contribution in [0.15, 0.2) is 15.9 Å².